The highest BCUT2D eigenvalue weighted by Crippen LogP contribution is 2.30. The van der Waals surface area contributed by atoms with Gasteiger partial charge in [0, 0.05) is 16.5 Å². The Labute approximate surface area is 123 Å². The zero-order valence-electron chi connectivity index (χ0n) is 11.2. The fraction of sp³-hybridized carbons (Fsp3) is 0.250. The Bertz CT molecular complexity index is 685. The minimum absolute atomic E-state index is 0.0390. The maximum atomic E-state index is 11.4. The molecule has 0 atom stereocenters. The average molecular weight is 309 g/mol. The van der Waals surface area contributed by atoms with Crippen molar-refractivity contribution in [1.82, 2.24) is 10.2 Å². The molecule has 9 heteroatoms. The highest BCUT2D eigenvalue weighted by atomic mass is 32.2. The molecule has 0 bridgehead atoms. The van der Waals surface area contributed by atoms with Crippen molar-refractivity contribution in [3.8, 4) is 0 Å². The van der Waals surface area contributed by atoms with Gasteiger partial charge in [-0.2, -0.15) is 0 Å². The molecule has 0 aliphatic heterocycles. The predicted molar refractivity (Wildman–Crippen MR) is 72.2 cm³/mol. The Morgan fingerprint density at radius 1 is 1.48 bits per heavy atom. The summed E-state index contributed by atoms with van der Waals surface area (Å²) in [5.41, 5.74) is 0.562. The molecule has 1 aromatic heterocycles. The number of benzene rings is 1. The van der Waals surface area contributed by atoms with Gasteiger partial charge in [0.2, 0.25) is 0 Å². The summed E-state index contributed by atoms with van der Waals surface area (Å²) in [6, 6.07) is 4.61. The topological polar surface area (TPSA) is 108 Å². The third kappa shape index (κ3) is 3.57. The van der Waals surface area contributed by atoms with Crippen LogP contribution in [0.2, 0.25) is 0 Å². The highest BCUT2D eigenvalue weighted by Gasteiger charge is 2.17. The molecular weight excluding hydrogens is 298 g/mol. The van der Waals surface area contributed by atoms with Crippen LogP contribution in [-0.2, 0) is 4.74 Å². The number of nitro groups is 1. The first-order valence-corrected chi connectivity index (χ1v) is 6.76. The molecule has 0 aliphatic carbocycles. The van der Waals surface area contributed by atoms with E-state index in [1.165, 1.54) is 6.07 Å². The average Bonchev–Trinajstić information content (AvgIpc) is 2.87. The number of nitro benzene ring substituents is 1. The van der Waals surface area contributed by atoms with Gasteiger partial charge in [-0.1, -0.05) is 5.10 Å². The van der Waals surface area contributed by atoms with Crippen LogP contribution in [0, 0.1) is 17.0 Å². The van der Waals surface area contributed by atoms with E-state index in [-0.39, 0.29) is 23.4 Å². The van der Waals surface area contributed by atoms with Crippen molar-refractivity contribution in [2.75, 3.05) is 6.61 Å². The first-order chi connectivity index (χ1) is 10.0. The largest absolute Gasteiger partial charge is 0.459 e. The predicted octanol–water partition coefficient (Wildman–Crippen LogP) is 2.61. The molecule has 0 saturated heterocycles. The molecule has 110 valence electrons. The van der Waals surface area contributed by atoms with E-state index in [1.807, 2.05) is 0 Å². The minimum atomic E-state index is -0.684. The third-order valence-corrected chi connectivity index (χ3v) is 3.26. The molecule has 0 radical (unpaired) electrons. The maximum absolute atomic E-state index is 11.4. The van der Waals surface area contributed by atoms with Crippen molar-refractivity contribution in [3.63, 3.8) is 0 Å². The van der Waals surface area contributed by atoms with Gasteiger partial charge in [0.1, 0.15) is 0 Å². The number of carbonyl (C=O) groups excluding carboxylic acids is 1. The number of rotatable bonds is 5. The molecule has 1 aromatic carbocycles. The third-order valence-electron chi connectivity index (χ3n) is 2.43. The lowest BCUT2D eigenvalue weighted by Crippen LogP contribution is -2.04. The van der Waals surface area contributed by atoms with Gasteiger partial charge in [-0.05, 0) is 37.7 Å². The van der Waals surface area contributed by atoms with Gasteiger partial charge < -0.3 is 9.15 Å². The summed E-state index contributed by atoms with van der Waals surface area (Å²) in [6.07, 6.45) is 0. The quantitative estimate of drug-likeness (QED) is 0.471. The van der Waals surface area contributed by atoms with Gasteiger partial charge in [-0.25, -0.2) is 4.79 Å². The van der Waals surface area contributed by atoms with Crippen molar-refractivity contribution in [2.24, 2.45) is 0 Å². The molecule has 0 aliphatic rings. The van der Waals surface area contributed by atoms with Crippen LogP contribution in [0.4, 0.5) is 5.69 Å². The molecule has 0 fully saturated rings. The SMILES string of the molecule is CCOC(=O)c1nnc(Sc2ccc([N+](=O)[O-])c(C)c2)o1. The number of ether oxygens (including phenoxy) is 1. The van der Waals surface area contributed by atoms with Crippen LogP contribution in [0.5, 0.6) is 0 Å². The Balaban J connectivity index is 2.14. The smallest absolute Gasteiger partial charge is 0.396 e. The zero-order chi connectivity index (χ0) is 15.4. The Hall–Kier alpha value is -2.42. The van der Waals surface area contributed by atoms with Crippen molar-refractivity contribution < 1.29 is 18.9 Å². The van der Waals surface area contributed by atoms with E-state index in [0.29, 0.717) is 10.5 Å². The Kier molecular flexibility index (Phi) is 4.53. The second-order valence-electron chi connectivity index (χ2n) is 3.90. The van der Waals surface area contributed by atoms with Crippen molar-refractivity contribution in [1.29, 1.82) is 0 Å². The standard InChI is InChI=1S/C12H11N3O5S/c1-3-19-11(16)10-13-14-12(20-10)21-8-4-5-9(15(17)18)7(2)6-8/h4-6H,3H2,1-2H3. The first-order valence-electron chi connectivity index (χ1n) is 5.94. The van der Waals surface area contributed by atoms with Crippen LogP contribution < -0.4 is 0 Å². The van der Waals surface area contributed by atoms with Crippen molar-refractivity contribution in [2.45, 2.75) is 24.0 Å². The van der Waals surface area contributed by atoms with Crippen LogP contribution >= 0.6 is 11.8 Å². The van der Waals surface area contributed by atoms with E-state index in [9.17, 15) is 14.9 Å². The number of hydrogen-bond donors (Lipinski definition) is 0. The van der Waals surface area contributed by atoms with E-state index in [0.717, 1.165) is 11.8 Å². The van der Waals surface area contributed by atoms with Gasteiger partial charge in [-0.15, -0.1) is 5.10 Å². The van der Waals surface area contributed by atoms with Gasteiger partial charge in [-0.3, -0.25) is 10.1 Å². The fourth-order valence-electron chi connectivity index (χ4n) is 1.52. The number of esters is 1. The zero-order valence-corrected chi connectivity index (χ0v) is 12.0. The number of aryl methyl sites for hydroxylation is 1. The molecule has 2 rings (SSSR count). The maximum Gasteiger partial charge on any atom is 0.396 e. The molecule has 0 amide bonds. The van der Waals surface area contributed by atoms with Crippen LogP contribution in [-0.4, -0.2) is 27.7 Å². The summed E-state index contributed by atoms with van der Waals surface area (Å²) < 4.78 is 9.89. The molecule has 0 spiro atoms. The summed E-state index contributed by atoms with van der Waals surface area (Å²) in [6.45, 7) is 3.52. The van der Waals surface area contributed by atoms with Crippen molar-refractivity contribution in [3.05, 3.63) is 39.8 Å². The number of aromatic nitrogens is 2. The lowest BCUT2D eigenvalue weighted by atomic mass is 10.2. The van der Waals surface area contributed by atoms with E-state index < -0.39 is 10.9 Å². The molecule has 0 N–H and O–H groups in total. The van der Waals surface area contributed by atoms with Crippen molar-refractivity contribution >= 4 is 23.4 Å². The molecule has 8 nitrogen and oxygen atoms in total. The summed E-state index contributed by atoms with van der Waals surface area (Å²) in [5.74, 6) is -0.908. The lowest BCUT2D eigenvalue weighted by molar-refractivity contribution is -0.385. The van der Waals surface area contributed by atoms with Crippen LogP contribution in [0.15, 0.2) is 32.7 Å². The first kappa shape index (κ1) is 15.0. The number of carbonyl (C=O) groups is 1. The number of nitrogens with zero attached hydrogens (tertiary/aromatic N) is 3. The molecule has 1 heterocycles. The lowest BCUT2D eigenvalue weighted by Gasteiger charge is -2.00. The van der Waals surface area contributed by atoms with Crippen LogP contribution in [0.25, 0.3) is 0 Å². The van der Waals surface area contributed by atoms with E-state index in [4.69, 9.17) is 9.15 Å². The molecule has 21 heavy (non-hydrogen) atoms. The van der Waals surface area contributed by atoms with Gasteiger partial charge in [0.25, 0.3) is 10.9 Å². The minimum Gasteiger partial charge on any atom is -0.459 e. The van der Waals surface area contributed by atoms with Gasteiger partial charge in [0.15, 0.2) is 0 Å². The van der Waals surface area contributed by atoms with Gasteiger partial charge >= 0.3 is 11.9 Å². The van der Waals surface area contributed by atoms with Gasteiger partial charge in [0.05, 0.1) is 11.5 Å². The fourth-order valence-corrected chi connectivity index (χ4v) is 2.30. The Morgan fingerprint density at radius 2 is 2.24 bits per heavy atom. The second-order valence-corrected chi connectivity index (χ2v) is 4.93. The monoisotopic (exact) mass is 309 g/mol. The second kappa shape index (κ2) is 6.35. The molecule has 0 saturated carbocycles. The molecular formula is C12H11N3O5S. The summed E-state index contributed by atoms with van der Waals surface area (Å²) >= 11 is 1.11. The Morgan fingerprint density at radius 3 is 2.86 bits per heavy atom. The molecule has 0 unspecified atom stereocenters. The van der Waals surface area contributed by atoms with E-state index in [2.05, 4.69) is 10.2 Å². The number of hydrogen-bond acceptors (Lipinski definition) is 8. The molecule has 2 aromatic rings. The van der Waals surface area contributed by atoms with E-state index >= 15 is 0 Å². The summed E-state index contributed by atoms with van der Waals surface area (Å²) in [5, 5.41) is 18.2. The normalized spacial score (nSPS) is 10.4. The van der Waals surface area contributed by atoms with Crippen LogP contribution in [0.3, 0.4) is 0 Å². The highest BCUT2D eigenvalue weighted by molar-refractivity contribution is 7.99. The van der Waals surface area contributed by atoms with Crippen LogP contribution in [0.1, 0.15) is 23.2 Å². The summed E-state index contributed by atoms with van der Waals surface area (Å²) in [4.78, 5) is 22.4. The summed E-state index contributed by atoms with van der Waals surface area (Å²) in [7, 11) is 0. The van der Waals surface area contributed by atoms with E-state index in [1.54, 1.807) is 26.0 Å².